The van der Waals surface area contributed by atoms with Gasteiger partial charge in [0.1, 0.15) is 35.6 Å². The minimum Gasteiger partial charge on any atom is -0.508 e. The summed E-state index contributed by atoms with van der Waals surface area (Å²) in [5.74, 6) is -2.59. The number of phenols is 1. The van der Waals surface area contributed by atoms with Crippen LogP contribution < -0.4 is 16.1 Å². The summed E-state index contributed by atoms with van der Waals surface area (Å²) >= 11 is 0. The van der Waals surface area contributed by atoms with Crippen molar-refractivity contribution in [3.63, 3.8) is 0 Å². The van der Waals surface area contributed by atoms with E-state index in [1.807, 2.05) is 25.1 Å². The van der Waals surface area contributed by atoms with Gasteiger partial charge in [-0.3, -0.25) is 39.3 Å². The number of benzene rings is 2. The van der Waals surface area contributed by atoms with Crippen molar-refractivity contribution in [3.05, 3.63) is 71.5 Å². The standard InChI is InChI=1S/C54H69FN8O8/c1-8-62-42-18-17-34-27-38(42)39(47(62)37-15-11-21-56-44(37)31(2)70-7)28-53(3,4)30-71-52(69)40-16-12-22-63(59-40)50(67)41(25-32-23-35(34)26-36(64)24-32)57-49(66)46(33-13-9-10-14-33)61(6)43(65)29-60(5)51(68)45-48(58-45)54(55)19-20-54/h11,15,17-18,21,23-24,26-27,31,33,40-41,45-46,48,58-59,64H,8-10,12-14,16,19-20,22,25,28-30H2,1-7H3,(H,57,66)/t31-,40-,41-,45-,46-,48+/m0/s1. The van der Waals surface area contributed by atoms with Gasteiger partial charge in [0, 0.05) is 68.8 Å². The summed E-state index contributed by atoms with van der Waals surface area (Å²) in [7, 11) is 4.72. The maximum Gasteiger partial charge on any atom is 0.324 e. The molecule has 2 saturated heterocycles. The van der Waals surface area contributed by atoms with Crippen molar-refractivity contribution >= 4 is 40.5 Å². The lowest BCUT2D eigenvalue weighted by molar-refractivity contribution is -0.155. The van der Waals surface area contributed by atoms with E-state index >= 15 is 0 Å². The Bertz CT molecular complexity index is 2710. The Morgan fingerprint density at radius 1 is 1.04 bits per heavy atom. The molecule has 3 aliphatic heterocycles. The Kier molecular flexibility index (Phi) is 14.1. The summed E-state index contributed by atoms with van der Waals surface area (Å²) < 4.78 is 29.0. The molecule has 17 heteroatoms. The Hall–Kier alpha value is -5.91. The molecule has 4 aromatic rings. The van der Waals surface area contributed by atoms with Crippen molar-refractivity contribution in [2.45, 2.75) is 140 Å². The van der Waals surface area contributed by atoms with E-state index in [4.69, 9.17) is 14.5 Å². The molecule has 6 bridgehead atoms. The number of hydrogen-bond donors (Lipinski definition) is 4. The largest absolute Gasteiger partial charge is 0.508 e. The molecule has 71 heavy (non-hydrogen) atoms. The van der Waals surface area contributed by atoms with Gasteiger partial charge in [-0.05, 0) is 123 Å². The number of ether oxygens (including phenoxy) is 2. The third kappa shape index (κ3) is 10.3. The van der Waals surface area contributed by atoms with Crippen LogP contribution in [0.5, 0.6) is 5.75 Å². The van der Waals surface area contributed by atoms with Gasteiger partial charge in [0.2, 0.25) is 17.7 Å². The van der Waals surface area contributed by atoms with Crippen molar-refractivity contribution in [1.82, 2.24) is 40.4 Å². The lowest BCUT2D eigenvalue weighted by Crippen LogP contribution is -2.62. The maximum atomic E-state index is 14.9. The number of aromatic hydroxyl groups is 1. The van der Waals surface area contributed by atoms with E-state index in [2.05, 4.69) is 59.6 Å². The zero-order valence-corrected chi connectivity index (χ0v) is 42.1. The summed E-state index contributed by atoms with van der Waals surface area (Å²) in [5.41, 5.74) is 8.08. The molecule has 5 aliphatic rings. The SMILES string of the molecule is CCn1c(-c2cccnc2[C@H](C)OC)c2c3cc(ccc31)-c1cc(O)cc(c1)C[C@H](NC(=O)[C@H](C1CCCC1)N(C)C(=O)CN(C)C(=O)[C@H]1N[C@H]1C1(F)CC1)C(=O)N1CCC[C@H](N1)C(=O)OCC(C)(C)C2. The van der Waals surface area contributed by atoms with Gasteiger partial charge in [-0.15, -0.1) is 0 Å². The van der Waals surface area contributed by atoms with Crippen LogP contribution in [0.25, 0.3) is 33.3 Å². The summed E-state index contributed by atoms with van der Waals surface area (Å²) in [5, 5.41) is 19.8. The second-order valence-corrected chi connectivity index (χ2v) is 21.4. The van der Waals surface area contributed by atoms with Crippen molar-refractivity contribution in [1.29, 1.82) is 0 Å². The summed E-state index contributed by atoms with van der Waals surface area (Å²) in [6.45, 7) is 8.92. The Balaban J connectivity index is 1.07. The number of amides is 4. The number of carbonyl (C=O) groups excluding carboxylic acids is 5. The Morgan fingerprint density at radius 2 is 1.80 bits per heavy atom. The molecule has 380 valence electrons. The van der Waals surface area contributed by atoms with Crippen LogP contribution in [0.15, 0.2) is 54.7 Å². The van der Waals surface area contributed by atoms with Crippen molar-refractivity contribution in [3.8, 4) is 28.1 Å². The number of likely N-dealkylation sites (N-methyl/N-ethyl adjacent to an activating group) is 2. The third-order valence-corrected chi connectivity index (χ3v) is 15.5. The zero-order chi connectivity index (χ0) is 50.5. The number of hydrogen-bond acceptors (Lipinski definition) is 11. The minimum absolute atomic E-state index is 0.0236. The number of pyridine rings is 1. The topological polar surface area (TPSA) is 198 Å². The highest BCUT2D eigenvalue weighted by atomic mass is 19.1. The van der Waals surface area contributed by atoms with Crippen LogP contribution in [0.3, 0.4) is 0 Å². The molecular formula is C54H69FN8O8. The summed E-state index contributed by atoms with van der Waals surface area (Å²) in [4.78, 5) is 78.5. The highest BCUT2D eigenvalue weighted by Crippen LogP contribution is 2.48. The van der Waals surface area contributed by atoms with E-state index in [0.29, 0.717) is 62.6 Å². The molecule has 2 aromatic heterocycles. The number of aryl methyl sites for hydroxylation is 1. The number of methoxy groups -OCH3 is 1. The van der Waals surface area contributed by atoms with Crippen LogP contribution in [-0.2, 0) is 52.8 Å². The number of alkyl halides is 1. The normalized spacial score (nSPS) is 23.9. The van der Waals surface area contributed by atoms with E-state index in [9.17, 15) is 33.5 Å². The summed E-state index contributed by atoms with van der Waals surface area (Å²) in [6.07, 6.45) is 6.81. The number of carbonyl (C=O) groups is 5. The van der Waals surface area contributed by atoms with Crippen LogP contribution in [0, 0.1) is 11.3 Å². The minimum atomic E-state index is -1.38. The van der Waals surface area contributed by atoms with Crippen LogP contribution in [0.1, 0.15) is 102 Å². The monoisotopic (exact) mass is 977 g/mol. The van der Waals surface area contributed by atoms with E-state index in [1.165, 1.54) is 21.9 Å². The number of aromatic nitrogens is 2. The number of esters is 1. The van der Waals surface area contributed by atoms with Gasteiger partial charge in [0.25, 0.3) is 5.91 Å². The van der Waals surface area contributed by atoms with Gasteiger partial charge in [-0.25, -0.2) is 9.82 Å². The number of rotatable bonds is 12. The van der Waals surface area contributed by atoms with E-state index < -0.39 is 65.0 Å². The van der Waals surface area contributed by atoms with Crippen LogP contribution in [0.2, 0.25) is 0 Å². The molecule has 2 saturated carbocycles. The first-order valence-electron chi connectivity index (χ1n) is 25.4. The third-order valence-electron chi connectivity index (χ3n) is 15.5. The quantitative estimate of drug-likeness (QED) is 0.0994. The van der Waals surface area contributed by atoms with Crippen molar-refractivity contribution in [2.24, 2.45) is 11.3 Å². The van der Waals surface area contributed by atoms with E-state index in [0.717, 1.165) is 51.8 Å². The molecule has 5 heterocycles. The second kappa shape index (κ2) is 19.9. The van der Waals surface area contributed by atoms with E-state index in [1.54, 1.807) is 32.5 Å². The average molecular weight is 977 g/mol. The smallest absolute Gasteiger partial charge is 0.324 e. The highest BCUT2D eigenvalue weighted by molar-refractivity contribution is 5.96. The van der Waals surface area contributed by atoms with E-state index in [-0.39, 0.29) is 49.8 Å². The highest BCUT2D eigenvalue weighted by Gasteiger charge is 2.63. The van der Waals surface area contributed by atoms with Crippen molar-refractivity contribution in [2.75, 3.05) is 40.9 Å². The Labute approximate surface area is 415 Å². The predicted molar refractivity (Wildman–Crippen MR) is 265 cm³/mol. The zero-order valence-electron chi connectivity index (χ0n) is 42.1. The van der Waals surface area contributed by atoms with Gasteiger partial charge < -0.3 is 34.3 Å². The molecule has 0 unspecified atom stereocenters. The first-order valence-corrected chi connectivity index (χ1v) is 25.4. The molecule has 6 atom stereocenters. The molecule has 0 radical (unpaired) electrons. The number of hydrazine groups is 1. The number of fused-ring (bicyclic) bond motifs is 6. The maximum absolute atomic E-state index is 14.9. The van der Waals surface area contributed by atoms with Gasteiger partial charge >= 0.3 is 5.97 Å². The molecule has 9 rings (SSSR count). The second-order valence-electron chi connectivity index (χ2n) is 21.4. The number of phenolic OH excluding ortho intramolecular Hbond substituents is 1. The molecule has 0 spiro atoms. The predicted octanol–water partition coefficient (Wildman–Crippen LogP) is 5.77. The fraction of sp³-hybridized carbons (Fsp3) is 0.556. The number of nitrogens with zero attached hydrogens (tertiary/aromatic N) is 5. The fourth-order valence-corrected chi connectivity index (χ4v) is 11.3. The molecule has 4 amide bonds. The molecule has 4 fully saturated rings. The van der Waals surface area contributed by atoms with Gasteiger partial charge in [0.05, 0.1) is 36.7 Å². The lowest BCUT2D eigenvalue weighted by Gasteiger charge is -2.37. The lowest BCUT2D eigenvalue weighted by atomic mass is 9.84. The van der Waals surface area contributed by atoms with Gasteiger partial charge in [-0.2, -0.15) is 0 Å². The molecule has 16 nitrogen and oxygen atoms in total. The first-order chi connectivity index (χ1) is 33.9. The number of halogens is 1. The first kappa shape index (κ1) is 50.0. The fourth-order valence-electron chi connectivity index (χ4n) is 11.3. The van der Waals surface area contributed by atoms with Gasteiger partial charge in [0.15, 0.2) is 0 Å². The van der Waals surface area contributed by atoms with Crippen molar-refractivity contribution < 1.29 is 42.9 Å². The van der Waals surface area contributed by atoms with Crippen LogP contribution in [0.4, 0.5) is 4.39 Å². The molecule has 2 aromatic carbocycles. The molecular weight excluding hydrogens is 908 g/mol. The summed E-state index contributed by atoms with van der Waals surface area (Å²) in [6, 6.07) is 11.2. The number of cyclic esters (lactones) is 1. The van der Waals surface area contributed by atoms with Gasteiger partial charge in [-0.1, -0.05) is 38.8 Å². The molecule has 2 aliphatic carbocycles. The van der Waals surface area contributed by atoms with Crippen LogP contribution in [-0.4, -0.2) is 136 Å². The number of nitrogens with one attached hydrogen (secondary N) is 3. The van der Waals surface area contributed by atoms with Crippen LogP contribution >= 0.6 is 0 Å². The average Bonchev–Trinajstić information content (AvgIpc) is 4.24. The Morgan fingerprint density at radius 3 is 2.52 bits per heavy atom. The molecule has 4 N–H and O–H groups in total.